The van der Waals surface area contributed by atoms with E-state index in [0.29, 0.717) is 13.1 Å². The number of fused-ring (bicyclic) bond motifs is 1. The van der Waals surface area contributed by atoms with E-state index in [1.807, 2.05) is 6.07 Å². The van der Waals surface area contributed by atoms with Crippen molar-refractivity contribution in [3.8, 4) is 0 Å². The summed E-state index contributed by atoms with van der Waals surface area (Å²) in [5, 5.41) is 7.69. The average molecular weight is 424 g/mol. The summed E-state index contributed by atoms with van der Waals surface area (Å²) in [6.07, 6.45) is 8.84. The lowest BCUT2D eigenvalue weighted by molar-refractivity contribution is -0.139. The first-order chi connectivity index (χ1) is 14.7. The molecule has 2 heterocycles. The molecule has 158 valence electrons. The first kappa shape index (κ1) is 20.7. The van der Waals surface area contributed by atoms with Crippen molar-refractivity contribution in [2.24, 2.45) is 0 Å². The molecular weight excluding hydrogens is 394 g/mol. The summed E-state index contributed by atoms with van der Waals surface area (Å²) in [7, 11) is 0. The van der Waals surface area contributed by atoms with Crippen molar-refractivity contribution in [3.05, 3.63) is 63.9 Å². The molecule has 0 radical (unpaired) electrons. The zero-order chi connectivity index (χ0) is 20.8. The summed E-state index contributed by atoms with van der Waals surface area (Å²) >= 11 is 1.68. The molecule has 2 N–H and O–H groups in total. The van der Waals surface area contributed by atoms with E-state index in [9.17, 15) is 9.59 Å². The second kappa shape index (κ2) is 9.94. The van der Waals surface area contributed by atoms with Gasteiger partial charge < -0.3 is 15.5 Å². The largest absolute Gasteiger partial charge is 0.361 e. The van der Waals surface area contributed by atoms with Gasteiger partial charge in [-0.2, -0.15) is 0 Å². The normalized spacial score (nSPS) is 16.5. The summed E-state index contributed by atoms with van der Waals surface area (Å²) in [5.41, 5.74) is 3.95. The average Bonchev–Trinajstić information content (AvgIpc) is 3.45. The van der Waals surface area contributed by atoms with E-state index in [2.05, 4.69) is 57.3 Å². The Morgan fingerprint density at radius 2 is 1.90 bits per heavy atom. The third-order valence-corrected chi connectivity index (χ3v) is 6.92. The zero-order valence-electron chi connectivity index (χ0n) is 17.2. The Morgan fingerprint density at radius 3 is 2.70 bits per heavy atom. The molecule has 1 aromatic carbocycles. The Morgan fingerprint density at radius 1 is 1.03 bits per heavy atom. The quantitative estimate of drug-likeness (QED) is 0.523. The number of carbonyl (C=O) groups excluding carboxylic acids is 2. The van der Waals surface area contributed by atoms with Crippen molar-refractivity contribution in [1.82, 2.24) is 10.6 Å². The van der Waals surface area contributed by atoms with Crippen molar-refractivity contribution >= 4 is 28.8 Å². The molecule has 30 heavy (non-hydrogen) atoms. The van der Waals surface area contributed by atoms with Gasteiger partial charge in [0.05, 0.1) is 6.04 Å². The van der Waals surface area contributed by atoms with Gasteiger partial charge in [-0.05, 0) is 61.6 Å². The van der Waals surface area contributed by atoms with Gasteiger partial charge in [0.25, 0.3) is 0 Å². The third kappa shape index (κ3) is 4.93. The van der Waals surface area contributed by atoms with Gasteiger partial charge in [-0.1, -0.05) is 35.9 Å². The number of benzene rings is 1. The minimum Gasteiger partial charge on any atom is -0.361 e. The van der Waals surface area contributed by atoms with Crippen LogP contribution < -0.4 is 15.5 Å². The van der Waals surface area contributed by atoms with Crippen molar-refractivity contribution in [2.75, 3.05) is 24.5 Å². The Hall–Kier alpha value is -2.60. The van der Waals surface area contributed by atoms with Gasteiger partial charge in [0.2, 0.25) is 0 Å². The summed E-state index contributed by atoms with van der Waals surface area (Å²) < 4.78 is 0. The molecule has 2 aromatic rings. The van der Waals surface area contributed by atoms with E-state index in [0.717, 1.165) is 32.2 Å². The fourth-order valence-corrected chi connectivity index (χ4v) is 5.19. The number of amides is 2. The van der Waals surface area contributed by atoms with Crippen molar-refractivity contribution < 1.29 is 9.59 Å². The molecule has 0 bridgehead atoms. The second-order valence-electron chi connectivity index (χ2n) is 7.93. The fourth-order valence-electron chi connectivity index (χ4n) is 4.35. The van der Waals surface area contributed by atoms with Crippen LogP contribution in [0.2, 0.25) is 0 Å². The zero-order valence-corrected chi connectivity index (χ0v) is 18.0. The molecule has 0 spiro atoms. The SMILES string of the molecule is O=C(NCCC1=CCCCC1)C(=O)NC[C@H](c1cccs1)N1CCc2ccccc21. The fraction of sp³-hybridized carbons (Fsp3) is 0.417. The van der Waals surface area contributed by atoms with Gasteiger partial charge in [-0.3, -0.25) is 9.59 Å². The van der Waals surface area contributed by atoms with E-state index >= 15 is 0 Å². The van der Waals surface area contributed by atoms with E-state index in [4.69, 9.17) is 0 Å². The lowest BCUT2D eigenvalue weighted by Crippen LogP contribution is -2.44. The number of nitrogens with zero attached hydrogens (tertiary/aromatic N) is 1. The highest BCUT2D eigenvalue weighted by Gasteiger charge is 2.28. The summed E-state index contributed by atoms with van der Waals surface area (Å²) in [4.78, 5) is 28.2. The number of hydrogen-bond donors (Lipinski definition) is 2. The van der Waals surface area contributed by atoms with Gasteiger partial charge >= 0.3 is 11.8 Å². The van der Waals surface area contributed by atoms with Gasteiger partial charge in [0.1, 0.15) is 0 Å². The van der Waals surface area contributed by atoms with Crippen molar-refractivity contribution in [1.29, 1.82) is 0 Å². The molecule has 0 unspecified atom stereocenters. The van der Waals surface area contributed by atoms with E-state index in [-0.39, 0.29) is 6.04 Å². The van der Waals surface area contributed by atoms with E-state index in [1.165, 1.54) is 34.5 Å². The van der Waals surface area contributed by atoms with Crippen molar-refractivity contribution in [2.45, 2.75) is 44.6 Å². The highest BCUT2D eigenvalue weighted by atomic mass is 32.1. The molecule has 2 amide bonds. The standard InChI is InChI=1S/C24H29N3O2S/c28-23(25-14-12-18-7-2-1-3-8-18)24(29)26-17-21(22-11-6-16-30-22)27-15-13-19-9-4-5-10-20(19)27/h4-7,9-11,16,21H,1-3,8,12-15,17H2,(H,25,28)(H,26,29)/t21-/m1/s1. The van der Waals surface area contributed by atoms with Crippen LogP contribution in [0.1, 0.15) is 48.6 Å². The Balaban J connectivity index is 1.33. The second-order valence-corrected chi connectivity index (χ2v) is 8.91. The number of rotatable bonds is 7. The molecule has 1 aromatic heterocycles. The van der Waals surface area contributed by atoms with Crippen molar-refractivity contribution in [3.63, 3.8) is 0 Å². The van der Waals surface area contributed by atoms with E-state index < -0.39 is 11.8 Å². The summed E-state index contributed by atoms with van der Waals surface area (Å²) in [6.45, 7) is 1.84. The van der Waals surface area contributed by atoms with Gasteiger partial charge in [0.15, 0.2) is 0 Å². The van der Waals surface area contributed by atoms with Crippen LogP contribution >= 0.6 is 11.3 Å². The first-order valence-corrected chi connectivity index (χ1v) is 11.7. The van der Waals surface area contributed by atoms with Crippen LogP contribution in [0.15, 0.2) is 53.4 Å². The smallest absolute Gasteiger partial charge is 0.309 e. The number of hydrogen-bond acceptors (Lipinski definition) is 4. The lowest BCUT2D eigenvalue weighted by Gasteiger charge is -2.30. The molecule has 1 atom stereocenters. The number of para-hydroxylation sites is 1. The number of thiophene rings is 1. The van der Waals surface area contributed by atoms with Crippen LogP contribution in [0.4, 0.5) is 5.69 Å². The molecule has 0 saturated carbocycles. The number of anilines is 1. The highest BCUT2D eigenvalue weighted by molar-refractivity contribution is 7.10. The molecule has 1 aliphatic heterocycles. The number of allylic oxidation sites excluding steroid dienone is 1. The van der Waals surface area contributed by atoms with Crippen LogP contribution in [0.5, 0.6) is 0 Å². The number of carbonyl (C=O) groups is 2. The molecular formula is C24H29N3O2S. The molecule has 4 rings (SSSR count). The maximum atomic E-state index is 12.4. The maximum Gasteiger partial charge on any atom is 0.309 e. The number of nitrogens with one attached hydrogen (secondary N) is 2. The van der Waals surface area contributed by atoms with Crippen LogP contribution in [0, 0.1) is 0 Å². The van der Waals surface area contributed by atoms with Gasteiger partial charge in [-0.15, -0.1) is 11.3 Å². The van der Waals surface area contributed by atoms with Crippen LogP contribution in [0.25, 0.3) is 0 Å². The minimum atomic E-state index is -0.554. The van der Waals surface area contributed by atoms with Crippen LogP contribution in [-0.2, 0) is 16.0 Å². The molecule has 6 heteroatoms. The Labute approximate surface area is 182 Å². The topological polar surface area (TPSA) is 61.4 Å². The van der Waals surface area contributed by atoms with Crippen LogP contribution in [0.3, 0.4) is 0 Å². The van der Waals surface area contributed by atoms with Gasteiger partial charge in [0, 0.05) is 30.2 Å². The summed E-state index contributed by atoms with van der Waals surface area (Å²) in [6, 6.07) is 12.6. The predicted molar refractivity (Wildman–Crippen MR) is 122 cm³/mol. The maximum absolute atomic E-state index is 12.4. The molecule has 2 aliphatic rings. The van der Waals surface area contributed by atoms with E-state index in [1.54, 1.807) is 11.3 Å². The first-order valence-electron chi connectivity index (χ1n) is 10.8. The monoisotopic (exact) mass is 423 g/mol. The Kier molecular flexibility index (Phi) is 6.84. The molecule has 0 saturated heterocycles. The van der Waals surface area contributed by atoms with Gasteiger partial charge in [-0.25, -0.2) is 0 Å². The predicted octanol–water partition coefficient (Wildman–Crippen LogP) is 3.97. The lowest BCUT2D eigenvalue weighted by atomic mass is 9.97. The summed E-state index contributed by atoms with van der Waals surface area (Å²) in [5.74, 6) is -1.10. The highest BCUT2D eigenvalue weighted by Crippen LogP contribution is 2.36. The van der Waals surface area contributed by atoms with Crippen LogP contribution in [-0.4, -0.2) is 31.4 Å². The Bertz CT molecular complexity index is 907. The third-order valence-electron chi connectivity index (χ3n) is 5.95. The minimum absolute atomic E-state index is 0.0257. The molecule has 0 fully saturated rings. The molecule has 5 nitrogen and oxygen atoms in total. The molecule has 1 aliphatic carbocycles.